The second-order valence-corrected chi connectivity index (χ2v) is 4.63. The quantitative estimate of drug-likeness (QED) is 0.874. The zero-order valence-electron chi connectivity index (χ0n) is 10.3. The number of nitrogens with one attached hydrogen (secondary N) is 1. The molecule has 0 spiro atoms. The molecule has 0 saturated carbocycles. The van der Waals surface area contributed by atoms with Crippen LogP contribution in [0.3, 0.4) is 0 Å². The molecule has 3 unspecified atom stereocenters. The molecule has 1 saturated heterocycles. The molecule has 4 heteroatoms. The summed E-state index contributed by atoms with van der Waals surface area (Å²) in [6.07, 6.45) is 3.79. The summed E-state index contributed by atoms with van der Waals surface area (Å²) < 4.78 is 18.4. The van der Waals surface area contributed by atoms with E-state index in [0.717, 1.165) is 25.1 Å². The zero-order valence-corrected chi connectivity index (χ0v) is 10.3. The molecule has 0 aliphatic carbocycles. The van der Waals surface area contributed by atoms with Gasteiger partial charge in [0.25, 0.3) is 0 Å². The van der Waals surface area contributed by atoms with Crippen molar-refractivity contribution in [1.82, 2.24) is 10.3 Å². The number of pyridine rings is 1. The Bertz CT molecular complexity index is 349. The molecule has 3 nitrogen and oxygen atoms in total. The summed E-state index contributed by atoms with van der Waals surface area (Å²) in [6.45, 7) is 5.02. The maximum atomic E-state index is 12.8. The molecule has 2 rings (SSSR count). The molecule has 0 radical (unpaired) electrons. The van der Waals surface area contributed by atoms with Gasteiger partial charge in [0.2, 0.25) is 0 Å². The highest BCUT2D eigenvalue weighted by Gasteiger charge is 2.23. The molecule has 3 atom stereocenters. The van der Waals surface area contributed by atoms with Crippen LogP contribution >= 0.6 is 0 Å². The number of rotatable bonds is 4. The fraction of sp³-hybridized carbons (Fsp3) is 0.615. The lowest BCUT2D eigenvalue weighted by atomic mass is 10.1. The smallest absolute Gasteiger partial charge is 0.141 e. The number of nitrogens with zero attached hydrogens (tertiary/aromatic N) is 1. The van der Waals surface area contributed by atoms with Crippen LogP contribution in [0.4, 0.5) is 4.39 Å². The molecule has 1 aliphatic heterocycles. The number of aromatic nitrogens is 1. The Hall–Kier alpha value is -1.00. The Morgan fingerprint density at radius 3 is 2.88 bits per heavy atom. The van der Waals surface area contributed by atoms with E-state index in [-0.39, 0.29) is 18.0 Å². The molecule has 0 amide bonds. The van der Waals surface area contributed by atoms with E-state index < -0.39 is 0 Å². The summed E-state index contributed by atoms with van der Waals surface area (Å²) in [4.78, 5) is 4.08. The van der Waals surface area contributed by atoms with Crippen molar-refractivity contribution >= 4 is 0 Å². The monoisotopic (exact) mass is 238 g/mol. The first-order valence-corrected chi connectivity index (χ1v) is 6.16. The highest BCUT2D eigenvalue weighted by molar-refractivity contribution is 5.09. The molecule has 94 valence electrons. The lowest BCUT2D eigenvalue weighted by molar-refractivity contribution is 0.0802. The zero-order chi connectivity index (χ0) is 12.3. The van der Waals surface area contributed by atoms with E-state index in [1.165, 1.54) is 12.3 Å². The predicted molar refractivity (Wildman–Crippen MR) is 64.2 cm³/mol. The molecule has 1 aromatic rings. The molecule has 1 aromatic heterocycles. The molecule has 2 heterocycles. The van der Waals surface area contributed by atoms with Crippen molar-refractivity contribution in [2.24, 2.45) is 0 Å². The van der Waals surface area contributed by atoms with Crippen LogP contribution in [0.1, 0.15) is 38.4 Å². The third-order valence-electron chi connectivity index (χ3n) is 3.23. The van der Waals surface area contributed by atoms with Gasteiger partial charge in [0, 0.05) is 18.7 Å². The minimum Gasteiger partial charge on any atom is -0.377 e. The van der Waals surface area contributed by atoms with Gasteiger partial charge in [0.05, 0.1) is 18.0 Å². The van der Waals surface area contributed by atoms with Crippen LogP contribution in [0.5, 0.6) is 0 Å². The van der Waals surface area contributed by atoms with Crippen molar-refractivity contribution in [1.29, 1.82) is 0 Å². The number of hydrogen-bond acceptors (Lipinski definition) is 3. The van der Waals surface area contributed by atoms with Crippen LogP contribution in [0, 0.1) is 5.82 Å². The van der Waals surface area contributed by atoms with Crippen molar-refractivity contribution in [3.8, 4) is 0 Å². The fourth-order valence-electron chi connectivity index (χ4n) is 2.23. The highest BCUT2D eigenvalue weighted by Crippen LogP contribution is 2.18. The van der Waals surface area contributed by atoms with Crippen LogP contribution in [0.25, 0.3) is 0 Å². The van der Waals surface area contributed by atoms with E-state index >= 15 is 0 Å². The van der Waals surface area contributed by atoms with E-state index in [1.807, 2.05) is 6.92 Å². The largest absolute Gasteiger partial charge is 0.377 e. The summed E-state index contributed by atoms with van der Waals surface area (Å²) in [6, 6.07) is 3.56. The Morgan fingerprint density at radius 2 is 2.29 bits per heavy atom. The van der Waals surface area contributed by atoms with Crippen molar-refractivity contribution in [2.45, 2.75) is 44.9 Å². The first kappa shape index (κ1) is 12.5. The summed E-state index contributed by atoms with van der Waals surface area (Å²) >= 11 is 0. The minimum atomic E-state index is -0.298. The predicted octanol–water partition coefficient (Wildman–Crippen LogP) is 2.44. The first-order chi connectivity index (χ1) is 8.16. The summed E-state index contributed by atoms with van der Waals surface area (Å²) in [5.74, 6) is -0.298. The highest BCUT2D eigenvalue weighted by atomic mass is 19.1. The summed E-state index contributed by atoms with van der Waals surface area (Å²) in [5.41, 5.74) is 0.858. The van der Waals surface area contributed by atoms with Crippen LogP contribution in [0.15, 0.2) is 18.3 Å². The van der Waals surface area contributed by atoms with E-state index in [2.05, 4.69) is 17.2 Å². The van der Waals surface area contributed by atoms with Crippen LogP contribution in [-0.4, -0.2) is 23.7 Å². The number of hydrogen-bond donors (Lipinski definition) is 1. The average molecular weight is 238 g/mol. The second-order valence-electron chi connectivity index (χ2n) is 4.63. The van der Waals surface area contributed by atoms with Crippen molar-refractivity contribution in [2.75, 3.05) is 6.61 Å². The average Bonchev–Trinajstić information content (AvgIpc) is 2.83. The van der Waals surface area contributed by atoms with Gasteiger partial charge in [-0.15, -0.1) is 0 Å². The van der Waals surface area contributed by atoms with E-state index in [4.69, 9.17) is 4.74 Å². The van der Waals surface area contributed by atoms with Gasteiger partial charge in [-0.2, -0.15) is 0 Å². The molecule has 0 bridgehead atoms. The molecular weight excluding hydrogens is 219 g/mol. The standard InChI is InChI=1S/C13H19FN2O/c1-9(12-6-5-11(14)8-15-12)16-10(2)13-4-3-7-17-13/h5-6,8-10,13,16H,3-4,7H2,1-2H3. The van der Waals surface area contributed by atoms with Crippen molar-refractivity contribution in [3.05, 3.63) is 29.8 Å². The lowest BCUT2D eigenvalue weighted by Gasteiger charge is -2.24. The summed E-state index contributed by atoms with van der Waals surface area (Å²) in [7, 11) is 0. The van der Waals surface area contributed by atoms with E-state index in [9.17, 15) is 4.39 Å². The molecule has 17 heavy (non-hydrogen) atoms. The van der Waals surface area contributed by atoms with Crippen LogP contribution in [-0.2, 0) is 4.74 Å². The molecular formula is C13H19FN2O. The Morgan fingerprint density at radius 1 is 1.47 bits per heavy atom. The maximum Gasteiger partial charge on any atom is 0.141 e. The topological polar surface area (TPSA) is 34.1 Å². The number of halogens is 1. The van der Waals surface area contributed by atoms with Crippen LogP contribution in [0.2, 0.25) is 0 Å². The Labute approximate surface area is 101 Å². The fourth-order valence-corrected chi connectivity index (χ4v) is 2.23. The van der Waals surface area contributed by atoms with Gasteiger partial charge < -0.3 is 10.1 Å². The lowest BCUT2D eigenvalue weighted by Crippen LogP contribution is -2.38. The molecule has 1 aliphatic rings. The minimum absolute atomic E-state index is 0.106. The normalized spacial score (nSPS) is 23.6. The van der Waals surface area contributed by atoms with Gasteiger partial charge in [-0.3, -0.25) is 4.98 Å². The van der Waals surface area contributed by atoms with Gasteiger partial charge >= 0.3 is 0 Å². The Balaban J connectivity index is 1.91. The molecule has 1 N–H and O–H groups in total. The van der Waals surface area contributed by atoms with E-state index in [0.29, 0.717) is 6.04 Å². The van der Waals surface area contributed by atoms with Gasteiger partial charge in [-0.25, -0.2) is 4.39 Å². The van der Waals surface area contributed by atoms with Gasteiger partial charge in [-0.1, -0.05) is 0 Å². The third-order valence-corrected chi connectivity index (χ3v) is 3.23. The van der Waals surface area contributed by atoms with Crippen molar-refractivity contribution in [3.63, 3.8) is 0 Å². The van der Waals surface area contributed by atoms with Crippen LogP contribution < -0.4 is 5.32 Å². The number of ether oxygens (including phenoxy) is 1. The second kappa shape index (κ2) is 5.56. The Kier molecular flexibility index (Phi) is 4.07. The van der Waals surface area contributed by atoms with Gasteiger partial charge in [0.15, 0.2) is 0 Å². The molecule has 0 aromatic carbocycles. The maximum absolute atomic E-state index is 12.8. The third kappa shape index (κ3) is 3.23. The SMILES string of the molecule is CC(NC(C)C1CCCO1)c1ccc(F)cn1. The molecule has 1 fully saturated rings. The van der Waals surface area contributed by atoms with E-state index in [1.54, 1.807) is 6.07 Å². The van der Waals surface area contributed by atoms with Gasteiger partial charge in [0.1, 0.15) is 5.82 Å². The van der Waals surface area contributed by atoms with Gasteiger partial charge in [-0.05, 0) is 38.8 Å². The van der Waals surface area contributed by atoms with Crippen molar-refractivity contribution < 1.29 is 9.13 Å². The first-order valence-electron chi connectivity index (χ1n) is 6.16. The summed E-state index contributed by atoms with van der Waals surface area (Å²) in [5, 5.41) is 3.45.